The highest BCUT2D eigenvalue weighted by atomic mass is 16.2. The number of hydrogen-bond donors (Lipinski definition) is 2. The van der Waals surface area contributed by atoms with Gasteiger partial charge in [-0.25, -0.2) is 4.99 Å². The Hall–Kier alpha value is -1.65. The molecule has 2 aliphatic rings. The Morgan fingerprint density at radius 3 is 2.67 bits per heavy atom. The number of aliphatic imine (C=N–C) groups is 1. The van der Waals surface area contributed by atoms with Gasteiger partial charge >= 0.3 is 0 Å². The van der Waals surface area contributed by atoms with Crippen LogP contribution >= 0.6 is 0 Å². The van der Waals surface area contributed by atoms with Crippen LogP contribution in [0.4, 0.5) is 0 Å². The van der Waals surface area contributed by atoms with Crippen LogP contribution in [0.1, 0.15) is 27.7 Å². The largest absolute Gasteiger partial charge is 0.296 e. The molecule has 0 unspecified atom stereocenters. The van der Waals surface area contributed by atoms with E-state index in [1.54, 1.807) is 0 Å². The molecule has 0 saturated heterocycles. The molecule has 0 spiro atoms. The Bertz CT molecular complexity index is 459. The molecule has 2 rings (SSSR count). The molecule has 1 saturated carbocycles. The van der Waals surface area contributed by atoms with Crippen LogP contribution in [0.3, 0.4) is 0 Å². The first-order valence-electron chi connectivity index (χ1n) is 6.12. The minimum absolute atomic E-state index is 0.0233. The lowest BCUT2D eigenvalue weighted by molar-refractivity contribution is -0.121. The maximum absolute atomic E-state index is 12.1. The summed E-state index contributed by atoms with van der Waals surface area (Å²) >= 11 is 0. The molecule has 2 amide bonds. The van der Waals surface area contributed by atoms with Crippen molar-refractivity contribution < 1.29 is 9.59 Å². The van der Waals surface area contributed by atoms with Crippen molar-refractivity contribution in [2.24, 2.45) is 22.2 Å². The summed E-state index contributed by atoms with van der Waals surface area (Å²) in [5, 5.41) is 5.19. The maximum atomic E-state index is 12.1. The van der Waals surface area contributed by atoms with Crippen LogP contribution in [0.15, 0.2) is 16.6 Å². The first-order valence-corrected chi connectivity index (χ1v) is 6.12. The van der Waals surface area contributed by atoms with Gasteiger partial charge in [0.15, 0.2) is 0 Å². The van der Waals surface area contributed by atoms with E-state index in [2.05, 4.69) is 35.5 Å². The molecule has 5 nitrogen and oxygen atoms in total. The molecule has 0 aromatic carbocycles. The second kappa shape index (κ2) is 4.23. The third-order valence-corrected chi connectivity index (χ3v) is 3.59. The summed E-state index contributed by atoms with van der Waals surface area (Å²) in [7, 11) is 0. The SMILES string of the molecule is CC(C)=C[C@H]1[C@@H](C(=O)NC2=NCC(=O)N2)C1(C)C. The zero-order valence-electron chi connectivity index (χ0n) is 11.2. The van der Waals surface area contributed by atoms with E-state index in [0.717, 1.165) is 0 Å². The van der Waals surface area contributed by atoms with Gasteiger partial charge in [-0.05, 0) is 25.2 Å². The summed E-state index contributed by atoms with van der Waals surface area (Å²) in [6.45, 7) is 8.32. The maximum Gasteiger partial charge on any atom is 0.248 e. The molecule has 0 aromatic rings. The van der Waals surface area contributed by atoms with Gasteiger partial charge in [0, 0.05) is 0 Å². The van der Waals surface area contributed by atoms with Gasteiger partial charge in [-0.15, -0.1) is 0 Å². The number of amides is 2. The van der Waals surface area contributed by atoms with E-state index in [1.807, 2.05) is 13.8 Å². The van der Waals surface area contributed by atoms with Gasteiger partial charge in [0.2, 0.25) is 17.8 Å². The van der Waals surface area contributed by atoms with E-state index < -0.39 is 0 Å². The molecule has 1 heterocycles. The average molecular weight is 249 g/mol. The molecule has 1 aliphatic carbocycles. The van der Waals surface area contributed by atoms with Crippen molar-refractivity contribution in [2.45, 2.75) is 27.7 Å². The van der Waals surface area contributed by atoms with E-state index in [-0.39, 0.29) is 41.6 Å². The topological polar surface area (TPSA) is 70.6 Å². The lowest BCUT2D eigenvalue weighted by atomic mass is 10.1. The molecular weight excluding hydrogens is 230 g/mol. The Morgan fingerprint density at radius 1 is 1.50 bits per heavy atom. The normalized spacial score (nSPS) is 28.2. The number of allylic oxidation sites excluding steroid dienone is 2. The van der Waals surface area contributed by atoms with Crippen molar-refractivity contribution in [2.75, 3.05) is 6.54 Å². The monoisotopic (exact) mass is 249 g/mol. The first-order chi connectivity index (χ1) is 8.32. The number of carbonyl (C=O) groups excluding carboxylic acids is 2. The number of guanidine groups is 1. The predicted octanol–water partition coefficient (Wildman–Crippen LogP) is 0.827. The van der Waals surface area contributed by atoms with Crippen molar-refractivity contribution in [3.05, 3.63) is 11.6 Å². The summed E-state index contributed by atoms with van der Waals surface area (Å²) in [5.74, 6) is 0.251. The molecule has 98 valence electrons. The first kappa shape index (κ1) is 12.8. The molecule has 0 radical (unpaired) electrons. The van der Waals surface area contributed by atoms with Crippen LogP contribution in [-0.2, 0) is 9.59 Å². The zero-order valence-corrected chi connectivity index (χ0v) is 11.2. The zero-order chi connectivity index (χ0) is 13.5. The van der Waals surface area contributed by atoms with E-state index >= 15 is 0 Å². The highest BCUT2D eigenvalue weighted by Gasteiger charge is 2.60. The minimum atomic E-state index is -0.179. The second-order valence-electron chi connectivity index (χ2n) is 5.77. The minimum Gasteiger partial charge on any atom is -0.296 e. The van der Waals surface area contributed by atoms with Crippen LogP contribution in [0.5, 0.6) is 0 Å². The molecule has 0 bridgehead atoms. The van der Waals surface area contributed by atoms with Crippen molar-refractivity contribution in [3.63, 3.8) is 0 Å². The molecular formula is C13H19N3O2. The predicted molar refractivity (Wildman–Crippen MR) is 68.8 cm³/mol. The molecule has 5 heteroatoms. The van der Waals surface area contributed by atoms with Crippen molar-refractivity contribution in [3.8, 4) is 0 Å². The fourth-order valence-corrected chi connectivity index (χ4v) is 2.48. The third kappa shape index (κ3) is 2.30. The quantitative estimate of drug-likeness (QED) is 0.711. The Balaban J connectivity index is 1.99. The number of carbonyl (C=O) groups is 2. The van der Waals surface area contributed by atoms with Gasteiger partial charge in [0.05, 0.1) is 5.92 Å². The van der Waals surface area contributed by atoms with Crippen LogP contribution in [0.25, 0.3) is 0 Å². The van der Waals surface area contributed by atoms with Crippen LogP contribution < -0.4 is 10.6 Å². The van der Waals surface area contributed by atoms with Crippen molar-refractivity contribution in [1.29, 1.82) is 0 Å². The van der Waals surface area contributed by atoms with E-state index in [4.69, 9.17) is 0 Å². The summed E-state index contributed by atoms with van der Waals surface area (Å²) < 4.78 is 0. The number of hydrogen-bond acceptors (Lipinski definition) is 3. The van der Waals surface area contributed by atoms with Gasteiger partial charge in [-0.3, -0.25) is 20.2 Å². The second-order valence-corrected chi connectivity index (χ2v) is 5.77. The lowest BCUT2D eigenvalue weighted by Crippen LogP contribution is -2.41. The fraction of sp³-hybridized carbons (Fsp3) is 0.615. The van der Waals surface area contributed by atoms with E-state index in [9.17, 15) is 9.59 Å². The van der Waals surface area contributed by atoms with Gasteiger partial charge in [0.1, 0.15) is 6.54 Å². The molecule has 18 heavy (non-hydrogen) atoms. The number of nitrogens with one attached hydrogen (secondary N) is 2. The molecule has 1 fully saturated rings. The van der Waals surface area contributed by atoms with Crippen LogP contribution in [0.2, 0.25) is 0 Å². The highest BCUT2D eigenvalue weighted by molar-refractivity contribution is 6.09. The molecule has 0 aromatic heterocycles. The Morgan fingerprint density at radius 2 is 2.17 bits per heavy atom. The standard InChI is InChI=1S/C13H19N3O2/c1-7(2)5-8-10(13(8,3)4)11(18)16-12-14-6-9(17)15-12/h5,8,10H,6H2,1-4H3,(H2,14,15,16,17,18)/t8-,10-/m0/s1. The van der Waals surface area contributed by atoms with Gasteiger partial charge in [-0.2, -0.15) is 0 Å². The lowest BCUT2D eigenvalue weighted by Gasteiger charge is -2.05. The van der Waals surface area contributed by atoms with Crippen LogP contribution in [-0.4, -0.2) is 24.3 Å². The Kier molecular flexibility index (Phi) is 3.00. The average Bonchev–Trinajstić information content (AvgIpc) is 2.56. The Labute approximate surface area is 107 Å². The third-order valence-electron chi connectivity index (χ3n) is 3.59. The summed E-state index contributed by atoms with van der Waals surface area (Å²) in [6, 6.07) is 0. The highest BCUT2D eigenvalue weighted by Crippen LogP contribution is 2.59. The molecule has 2 N–H and O–H groups in total. The van der Waals surface area contributed by atoms with Gasteiger partial charge < -0.3 is 0 Å². The molecule has 1 aliphatic heterocycles. The van der Waals surface area contributed by atoms with Gasteiger partial charge in [-0.1, -0.05) is 25.5 Å². The summed E-state index contributed by atoms with van der Waals surface area (Å²) in [4.78, 5) is 27.0. The van der Waals surface area contributed by atoms with E-state index in [0.29, 0.717) is 0 Å². The number of rotatable bonds is 2. The number of nitrogens with zero attached hydrogens (tertiary/aromatic N) is 1. The van der Waals surface area contributed by atoms with E-state index in [1.165, 1.54) is 5.57 Å². The summed E-state index contributed by atoms with van der Waals surface area (Å²) in [5.41, 5.74) is 1.19. The van der Waals surface area contributed by atoms with Crippen molar-refractivity contribution in [1.82, 2.24) is 10.6 Å². The molecule has 2 atom stereocenters. The smallest absolute Gasteiger partial charge is 0.248 e. The van der Waals surface area contributed by atoms with Gasteiger partial charge in [0.25, 0.3) is 0 Å². The van der Waals surface area contributed by atoms with Crippen molar-refractivity contribution >= 4 is 17.8 Å². The summed E-state index contributed by atoms with van der Waals surface area (Å²) in [6.07, 6.45) is 2.14. The fourth-order valence-electron chi connectivity index (χ4n) is 2.48. The van der Waals surface area contributed by atoms with Crippen LogP contribution in [0, 0.1) is 17.3 Å².